The maximum Gasteiger partial charge on any atom is 0.267 e. The number of rotatable bonds is 6. The van der Waals surface area contributed by atoms with Gasteiger partial charge in [-0.3, -0.25) is 4.79 Å². The van der Waals surface area contributed by atoms with Crippen LogP contribution in [0, 0.1) is 5.82 Å². The SMILES string of the molecule is O=C(CCCOc1cccc(F)c1)N1CC(F)(F)CC1CO. The molecule has 0 bridgehead atoms. The Kier molecular flexibility index (Phi) is 5.28. The Balaban J connectivity index is 1.76. The smallest absolute Gasteiger partial charge is 0.267 e. The van der Waals surface area contributed by atoms with Crippen LogP contribution >= 0.6 is 0 Å². The van der Waals surface area contributed by atoms with Gasteiger partial charge in [0, 0.05) is 18.9 Å². The van der Waals surface area contributed by atoms with Gasteiger partial charge in [-0.2, -0.15) is 0 Å². The molecule has 0 aromatic heterocycles. The molecule has 1 atom stereocenters. The first kappa shape index (κ1) is 16.6. The molecule has 2 rings (SSSR count). The summed E-state index contributed by atoms with van der Waals surface area (Å²) >= 11 is 0. The van der Waals surface area contributed by atoms with Gasteiger partial charge in [-0.1, -0.05) is 6.07 Å². The predicted octanol–water partition coefficient (Wildman–Crippen LogP) is 2.21. The van der Waals surface area contributed by atoms with E-state index in [-0.39, 0.29) is 13.0 Å². The van der Waals surface area contributed by atoms with E-state index in [4.69, 9.17) is 9.84 Å². The molecule has 1 N–H and O–H groups in total. The summed E-state index contributed by atoms with van der Waals surface area (Å²) in [5.41, 5.74) is 0. The van der Waals surface area contributed by atoms with Crippen LogP contribution in [0.1, 0.15) is 19.3 Å². The highest BCUT2D eigenvalue weighted by Gasteiger charge is 2.46. The van der Waals surface area contributed by atoms with E-state index < -0.39 is 43.3 Å². The van der Waals surface area contributed by atoms with E-state index in [1.54, 1.807) is 6.07 Å². The first-order valence-electron chi connectivity index (χ1n) is 7.08. The van der Waals surface area contributed by atoms with Crippen molar-refractivity contribution in [3.63, 3.8) is 0 Å². The Morgan fingerprint density at radius 1 is 1.45 bits per heavy atom. The van der Waals surface area contributed by atoms with Gasteiger partial charge in [0.25, 0.3) is 5.92 Å². The highest BCUT2D eigenvalue weighted by molar-refractivity contribution is 5.77. The molecule has 122 valence electrons. The summed E-state index contributed by atoms with van der Waals surface area (Å²) in [6.45, 7) is -0.938. The maximum absolute atomic E-state index is 13.3. The molecule has 1 aliphatic heterocycles. The first-order valence-corrected chi connectivity index (χ1v) is 7.08. The molecule has 0 radical (unpaired) electrons. The third-order valence-corrected chi connectivity index (χ3v) is 3.51. The molecule has 0 spiro atoms. The van der Waals surface area contributed by atoms with Crippen LogP contribution in [0.4, 0.5) is 13.2 Å². The largest absolute Gasteiger partial charge is 0.493 e. The summed E-state index contributed by atoms with van der Waals surface area (Å²) < 4.78 is 44.8. The minimum atomic E-state index is -2.94. The Morgan fingerprint density at radius 2 is 2.23 bits per heavy atom. The number of aliphatic hydroxyl groups excluding tert-OH is 1. The van der Waals surface area contributed by atoms with Crippen LogP contribution in [0.2, 0.25) is 0 Å². The van der Waals surface area contributed by atoms with Gasteiger partial charge in [0.2, 0.25) is 5.91 Å². The Bertz CT molecular complexity index is 525. The van der Waals surface area contributed by atoms with E-state index >= 15 is 0 Å². The van der Waals surface area contributed by atoms with E-state index in [0.29, 0.717) is 12.2 Å². The van der Waals surface area contributed by atoms with Crippen molar-refractivity contribution in [2.24, 2.45) is 0 Å². The zero-order chi connectivity index (χ0) is 16.2. The molecule has 1 aromatic carbocycles. The van der Waals surface area contributed by atoms with Crippen LogP contribution < -0.4 is 4.74 Å². The molecular formula is C15H18F3NO3. The average Bonchev–Trinajstić information content (AvgIpc) is 2.79. The molecule has 1 unspecified atom stereocenters. The lowest BCUT2D eigenvalue weighted by atomic mass is 10.2. The number of hydrogen-bond acceptors (Lipinski definition) is 3. The lowest BCUT2D eigenvalue weighted by Gasteiger charge is -2.22. The molecule has 0 aliphatic carbocycles. The van der Waals surface area contributed by atoms with Crippen LogP contribution in [-0.4, -0.2) is 47.6 Å². The zero-order valence-corrected chi connectivity index (χ0v) is 12.0. The number of carbonyl (C=O) groups is 1. The number of aliphatic hydroxyl groups is 1. The Labute approximate surface area is 126 Å². The number of alkyl halides is 2. The second kappa shape index (κ2) is 7.00. The van der Waals surface area contributed by atoms with Crippen molar-refractivity contribution in [1.82, 2.24) is 4.90 Å². The fourth-order valence-electron chi connectivity index (χ4n) is 2.47. The minimum Gasteiger partial charge on any atom is -0.493 e. The standard InChI is InChI=1S/C15H18F3NO3/c16-11-3-1-4-13(7-11)22-6-2-5-14(21)19-10-15(17,18)8-12(19)9-20/h1,3-4,7,12,20H,2,5-6,8-10H2. The number of ether oxygens (including phenoxy) is 1. The molecule has 1 aromatic rings. The first-order chi connectivity index (χ1) is 10.4. The van der Waals surface area contributed by atoms with Crippen molar-refractivity contribution >= 4 is 5.91 Å². The van der Waals surface area contributed by atoms with Crippen LogP contribution in [0.5, 0.6) is 5.75 Å². The van der Waals surface area contributed by atoms with Gasteiger partial charge in [0.15, 0.2) is 0 Å². The predicted molar refractivity (Wildman–Crippen MR) is 73.3 cm³/mol. The molecule has 1 aliphatic rings. The molecule has 1 saturated heterocycles. The summed E-state index contributed by atoms with van der Waals surface area (Å²) in [7, 11) is 0. The molecule has 1 fully saturated rings. The second-order valence-corrected chi connectivity index (χ2v) is 5.33. The van der Waals surface area contributed by atoms with E-state index in [9.17, 15) is 18.0 Å². The number of halogens is 3. The molecule has 7 heteroatoms. The fourth-order valence-corrected chi connectivity index (χ4v) is 2.47. The van der Waals surface area contributed by atoms with Gasteiger partial charge < -0.3 is 14.7 Å². The van der Waals surface area contributed by atoms with Crippen LogP contribution in [0.25, 0.3) is 0 Å². The number of carbonyl (C=O) groups excluding carboxylic acids is 1. The van der Waals surface area contributed by atoms with Crippen LogP contribution in [0.15, 0.2) is 24.3 Å². The molecule has 22 heavy (non-hydrogen) atoms. The third-order valence-electron chi connectivity index (χ3n) is 3.51. The van der Waals surface area contributed by atoms with Crippen molar-refractivity contribution in [3.05, 3.63) is 30.1 Å². The fraction of sp³-hybridized carbons (Fsp3) is 0.533. The van der Waals surface area contributed by atoms with E-state index in [0.717, 1.165) is 4.90 Å². The summed E-state index contributed by atoms with van der Waals surface area (Å²) in [6.07, 6.45) is -0.132. The quantitative estimate of drug-likeness (QED) is 0.819. The molecular weight excluding hydrogens is 299 g/mol. The molecule has 4 nitrogen and oxygen atoms in total. The van der Waals surface area contributed by atoms with Crippen LogP contribution in [-0.2, 0) is 4.79 Å². The summed E-state index contributed by atoms with van der Waals surface area (Å²) in [5.74, 6) is -3.44. The van der Waals surface area contributed by atoms with Gasteiger partial charge in [-0.05, 0) is 18.6 Å². The molecule has 1 amide bonds. The summed E-state index contributed by atoms with van der Waals surface area (Å²) in [6, 6.07) is 4.79. The maximum atomic E-state index is 13.3. The van der Waals surface area contributed by atoms with E-state index in [1.165, 1.54) is 18.2 Å². The zero-order valence-electron chi connectivity index (χ0n) is 12.0. The van der Waals surface area contributed by atoms with E-state index in [2.05, 4.69) is 0 Å². The van der Waals surface area contributed by atoms with Crippen molar-refractivity contribution in [2.45, 2.75) is 31.2 Å². The summed E-state index contributed by atoms with van der Waals surface area (Å²) in [4.78, 5) is 13.0. The van der Waals surface area contributed by atoms with Crippen molar-refractivity contribution < 1.29 is 27.8 Å². The average molecular weight is 317 g/mol. The lowest BCUT2D eigenvalue weighted by molar-refractivity contribution is -0.134. The van der Waals surface area contributed by atoms with Crippen LogP contribution in [0.3, 0.4) is 0 Å². The lowest BCUT2D eigenvalue weighted by Crippen LogP contribution is -2.38. The Hall–Kier alpha value is -1.76. The normalized spacial score (nSPS) is 20.2. The van der Waals surface area contributed by atoms with Gasteiger partial charge in [-0.25, -0.2) is 13.2 Å². The number of amides is 1. The summed E-state index contributed by atoms with van der Waals surface area (Å²) in [5, 5.41) is 9.08. The van der Waals surface area contributed by atoms with Crippen molar-refractivity contribution in [3.8, 4) is 5.75 Å². The van der Waals surface area contributed by atoms with Crippen molar-refractivity contribution in [1.29, 1.82) is 0 Å². The van der Waals surface area contributed by atoms with Crippen molar-refractivity contribution in [2.75, 3.05) is 19.8 Å². The molecule has 1 heterocycles. The number of hydrogen-bond donors (Lipinski definition) is 1. The third kappa shape index (κ3) is 4.37. The monoisotopic (exact) mass is 317 g/mol. The second-order valence-electron chi connectivity index (χ2n) is 5.33. The van der Waals surface area contributed by atoms with Gasteiger partial charge in [0.1, 0.15) is 11.6 Å². The van der Waals surface area contributed by atoms with Gasteiger partial charge in [0.05, 0.1) is 25.8 Å². The Morgan fingerprint density at radius 3 is 2.91 bits per heavy atom. The number of nitrogens with zero attached hydrogens (tertiary/aromatic N) is 1. The van der Waals surface area contributed by atoms with E-state index in [1.807, 2.05) is 0 Å². The molecule has 0 saturated carbocycles. The number of likely N-dealkylation sites (tertiary alicyclic amines) is 1. The van der Waals surface area contributed by atoms with Gasteiger partial charge in [-0.15, -0.1) is 0 Å². The minimum absolute atomic E-state index is 0.0435. The highest BCUT2D eigenvalue weighted by Crippen LogP contribution is 2.32. The number of benzene rings is 1. The topological polar surface area (TPSA) is 49.8 Å². The highest BCUT2D eigenvalue weighted by atomic mass is 19.3. The van der Waals surface area contributed by atoms with Gasteiger partial charge >= 0.3 is 0 Å².